The molecule has 0 radical (unpaired) electrons. The first-order valence-electron chi connectivity index (χ1n) is 8.44. The van der Waals surface area contributed by atoms with E-state index in [0.29, 0.717) is 24.0 Å². The van der Waals surface area contributed by atoms with Gasteiger partial charge in [-0.1, -0.05) is 12.1 Å². The monoisotopic (exact) mass is 344 g/mol. The van der Waals surface area contributed by atoms with Crippen molar-refractivity contribution in [3.05, 3.63) is 40.7 Å². The molecule has 2 rings (SSSR count). The molecular weight excluding hydrogens is 320 g/mol. The summed E-state index contributed by atoms with van der Waals surface area (Å²) in [6, 6.07) is 7.22. The van der Waals surface area contributed by atoms with Crippen LogP contribution in [0.2, 0.25) is 0 Å². The summed E-state index contributed by atoms with van der Waals surface area (Å²) < 4.78 is 1.65. The molecule has 0 aliphatic rings. The van der Waals surface area contributed by atoms with Gasteiger partial charge in [0.25, 0.3) is 0 Å². The van der Waals surface area contributed by atoms with Crippen molar-refractivity contribution in [2.45, 2.75) is 39.8 Å². The molecule has 7 nitrogen and oxygen atoms in total. The van der Waals surface area contributed by atoms with Gasteiger partial charge in [-0.3, -0.25) is 19.1 Å². The van der Waals surface area contributed by atoms with Crippen LogP contribution in [0.3, 0.4) is 0 Å². The van der Waals surface area contributed by atoms with Gasteiger partial charge in [0.2, 0.25) is 17.2 Å². The Morgan fingerprint density at radius 1 is 1.28 bits per heavy atom. The molecule has 0 saturated heterocycles. The van der Waals surface area contributed by atoms with Crippen molar-refractivity contribution < 1.29 is 9.59 Å². The van der Waals surface area contributed by atoms with Crippen LogP contribution >= 0.6 is 0 Å². The van der Waals surface area contributed by atoms with E-state index in [2.05, 4.69) is 10.4 Å². The molecule has 25 heavy (non-hydrogen) atoms. The van der Waals surface area contributed by atoms with Gasteiger partial charge in [-0.2, -0.15) is 5.10 Å². The third-order valence-corrected chi connectivity index (χ3v) is 3.82. The molecule has 0 bridgehead atoms. The van der Waals surface area contributed by atoms with Gasteiger partial charge >= 0.3 is 0 Å². The fourth-order valence-electron chi connectivity index (χ4n) is 2.62. The standard InChI is InChI=1S/C18H24N4O3/c1-4-21(12-17(24)20-13(2)3)18(25)9-10-22-15-8-6-5-7-14(15)16(23)11-19-22/h5-8,11,13H,4,9-10,12H2,1-3H3,(H,20,24). The zero-order valence-corrected chi connectivity index (χ0v) is 14.9. The van der Waals surface area contributed by atoms with Crippen LogP contribution in [0.1, 0.15) is 27.2 Å². The van der Waals surface area contributed by atoms with Crippen LogP contribution in [0.4, 0.5) is 0 Å². The van der Waals surface area contributed by atoms with E-state index in [9.17, 15) is 14.4 Å². The van der Waals surface area contributed by atoms with Crippen molar-refractivity contribution in [2.24, 2.45) is 0 Å². The minimum atomic E-state index is -0.169. The molecule has 0 aliphatic carbocycles. The summed E-state index contributed by atoms with van der Waals surface area (Å²) in [5.74, 6) is -0.289. The normalized spacial score (nSPS) is 10.9. The highest BCUT2D eigenvalue weighted by Crippen LogP contribution is 2.09. The van der Waals surface area contributed by atoms with Gasteiger partial charge in [-0.05, 0) is 32.9 Å². The summed E-state index contributed by atoms with van der Waals surface area (Å²) in [6.07, 6.45) is 1.48. The van der Waals surface area contributed by atoms with Crippen LogP contribution in [0.15, 0.2) is 35.3 Å². The highest BCUT2D eigenvalue weighted by Gasteiger charge is 2.16. The van der Waals surface area contributed by atoms with E-state index >= 15 is 0 Å². The van der Waals surface area contributed by atoms with E-state index in [1.54, 1.807) is 16.8 Å². The molecule has 0 saturated carbocycles. The number of nitrogens with one attached hydrogen (secondary N) is 1. The summed E-state index contributed by atoms with van der Waals surface area (Å²) >= 11 is 0. The number of likely N-dealkylation sites (N-methyl/N-ethyl adjacent to an activating group) is 1. The molecule has 7 heteroatoms. The van der Waals surface area contributed by atoms with E-state index in [1.165, 1.54) is 11.1 Å². The average Bonchev–Trinajstić information content (AvgIpc) is 2.58. The fraction of sp³-hybridized carbons (Fsp3) is 0.444. The number of carbonyl (C=O) groups excluding carboxylic acids is 2. The van der Waals surface area contributed by atoms with Gasteiger partial charge in [0.05, 0.1) is 24.8 Å². The molecule has 1 aromatic heterocycles. The van der Waals surface area contributed by atoms with Crippen molar-refractivity contribution in [1.82, 2.24) is 20.0 Å². The molecule has 0 atom stereocenters. The van der Waals surface area contributed by atoms with E-state index in [0.717, 1.165) is 0 Å². The summed E-state index contributed by atoms with van der Waals surface area (Å²) in [5, 5.41) is 7.48. The van der Waals surface area contributed by atoms with Gasteiger partial charge in [-0.25, -0.2) is 0 Å². The van der Waals surface area contributed by atoms with Crippen LogP contribution in [0.5, 0.6) is 0 Å². The van der Waals surface area contributed by atoms with Crippen molar-refractivity contribution >= 4 is 22.7 Å². The maximum absolute atomic E-state index is 12.4. The molecule has 1 heterocycles. The summed E-state index contributed by atoms with van der Waals surface area (Å²) in [7, 11) is 0. The highest BCUT2D eigenvalue weighted by atomic mass is 16.2. The van der Waals surface area contributed by atoms with Crippen LogP contribution in [-0.2, 0) is 16.1 Å². The number of hydrogen-bond acceptors (Lipinski definition) is 4. The predicted octanol–water partition coefficient (Wildman–Crippen LogP) is 1.16. The van der Waals surface area contributed by atoms with Crippen LogP contribution in [0, 0.1) is 0 Å². The van der Waals surface area contributed by atoms with Gasteiger partial charge in [0.15, 0.2) is 0 Å². The van der Waals surface area contributed by atoms with E-state index < -0.39 is 0 Å². The van der Waals surface area contributed by atoms with Gasteiger partial charge in [0, 0.05) is 24.4 Å². The lowest BCUT2D eigenvalue weighted by atomic mass is 10.2. The Bertz CT molecular complexity index is 813. The number of hydrogen-bond donors (Lipinski definition) is 1. The lowest BCUT2D eigenvalue weighted by Crippen LogP contribution is -2.42. The third-order valence-electron chi connectivity index (χ3n) is 3.82. The van der Waals surface area contributed by atoms with Crippen molar-refractivity contribution in [2.75, 3.05) is 13.1 Å². The van der Waals surface area contributed by atoms with Crippen LogP contribution < -0.4 is 10.7 Å². The van der Waals surface area contributed by atoms with E-state index in [4.69, 9.17) is 0 Å². The van der Waals surface area contributed by atoms with Crippen molar-refractivity contribution in [3.63, 3.8) is 0 Å². The maximum atomic E-state index is 12.4. The fourth-order valence-corrected chi connectivity index (χ4v) is 2.62. The number of fused-ring (bicyclic) bond motifs is 1. The molecule has 0 aliphatic heterocycles. The smallest absolute Gasteiger partial charge is 0.239 e. The van der Waals surface area contributed by atoms with Crippen LogP contribution in [-0.4, -0.2) is 45.6 Å². The Morgan fingerprint density at radius 2 is 2.00 bits per heavy atom. The van der Waals surface area contributed by atoms with E-state index in [-0.39, 0.29) is 36.3 Å². The van der Waals surface area contributed by atoms with Gasteiger partial charge in [0.1, 0.15) is 0 Å². The second kappa shape index (κ2) is 8.41. The number of amides is 2. The van der Waals surface area contributed by atoms with Crippen molar-refractivity contribution in [3.8, 4) is 0 Å². The Hall–Kier alpha value is -2.70. The molecule has 1 N–H and O–H groups in total. The molecule has 1 aromatic carbocycles. The Labute approximate surface area is 146 Å². The molecule has 134 valence electrons. The zero-order chi connectivity index (χ0) is 18.4. The quantitative estimate of drug-likeness (QED) is 0.817. The number of rotatable bonds is 7. The highest BCUT2D eigenvalue weighted by molar-refractivity contribution is 5.85. The number of para-hydroxylation sites is 1. The lowest BCUT2D eigenvalue weighted by molar-refractivity contribution is -0.136. The van der Waals surface area contributed by atoms with Gasteiger partial charge < -0.3 is 10.2 Å². The maximum Gasteiger partial charge on any atom is 0.239 e. The number of carbonyl (C=O) groups is 2. The van der Waals surface area contributed by atoms with Crippen molar-refractivity contribution in [1.29, 1.82) is 0 Å². The third kappa shape index (κ3) is 4.89. The summed E-state index contributed by atoms with van der Waals surface area (Å²) in [6.45, 7) is 6.45. The minimum absolute atomic E-state index is 0.0398. The second-order valence-corrected chi connectivity index (χ2v) is 6.13. The second-order valence-electron chi connectivity index (χ2n) is 6.13. The Morgan fingerprint density at radius 3 is 2.68 bits per heavy atom. The largest absolute Gasteiger partial charge is 0.352 e. The minimum Gasteiger partial charge on any atom is -0.352 e. The first-order valence-corrected chi connectivity index (χ1v) is 8.44. The number of aryl methyl sites for hydroxylation is 1. The molecular formula is C18H24N4O3. The first kappa shape index (κ1) is 18.6. The summed E-state index contributed by atoms with van der Waals surface area (Å²) in [5.41, 5.74) is 0.558. The SMILES string of the molecule is CCN(CC(=O)NC(C)C)C(=O)CCn1ncc(=O)c2ccccc21. The molecule has 0 unspecified atom stereocenters. The topological polar surface area (TPSA) is 84.3 Å². The number of aromatic nitrogens is 2. The van der Waals surface area contributed by atoms with E-state index in [1.807, 2.05) is 32.9 Å². The number of nitrogens with zero attached hydrogens (tertiary/aromatic N) is 3. The predicted molar refractivity (Wildman–Crippen MR) is 96.2 cm³/mol. The molecule has 0 spiro atoms. The van der Waals surface area contributed by atoms with Crippen LogP contribution in [0.25, 0.3) is 10.9 Å². The molecule has 2 amide bonds. The lowest BCUT2D eigenvalue weighted by Gasteiger charge is -2.21. The number of benzene rings is 1. The molecule has 2 aromatic rings. The average molecular weight is 344 g/mol. The Balaban J connectivity index is 2.05. The van der Waals surface area contributed by atoms with Gasteiger partial charge in [-0.15, -0.1) is 0 Å². The Kier molecular flexibility index (Phi) is 6.27. The summed E-state index contributed by atoms with van der Waals surface area (Å²) in [4.78, 5) is 37.6. The molecule has 0 fully saturated rings. The first-order chi connectivity index (χ1) is 11.9. The zero-order valence-electron chi connectivity index (χ0n) is 14.9.